The van der Waals surface area contributed by atoms with E-state index in [0.717, 1.165) is 11.1 Å². The van der Waals surface area contributed by atoms with Crippen LogP contribution in [-0.4, -0.2) is 14.2 Å². The molecule has 1 atom stereocenters. The molecular weight excluding hydrogens is 359 g/mol. The molecule has 0 aliphatic rings. The summed E-state index contributed by atoms with van der Waals surface area (Å²) in [6.07, 6.45) is 0.622. The molecule has 0 heterocycles. The Bertz CT molecular complexity index is 634. The summed E-state index contributed by atoms with van der Waals surface area (Å²) >= 11 is 9.87. The molecule has 112 valence electrons. The number of hydrogen-bond acceptors (Lipinski definition) is 2. The number of ether oxygens (including phenoxy) is 2. The van der Waals surface area contributed by atoms with Gasteiger partial charge >= 0.3 is 0 Å². The monoisotopic (exact) mass is 372 g/mol. The van der Waals surface area contributed by atoms with E-state index in [4.69, 9.17) is 21.1 Å². The highest BCUT2D eigenvalue weighted by molar-refractivity contribution is 9.09. The van der Waals surface area contributed by atoms with Gasteiger partial charge in [-0.15, -0.1) is 0 Å². The van der Waals surface area contributed by atoms with Crippen molar-refractivity contribution in [2.45, 2.75) is 11.2 Å². The van der Waals surface area contributed by atoms with Crippen LogP contribution in [0.4, 0.5) is 4.39 Å². The van der Waals surface area contributed by atoms with Crippen LogP contribution in [0, 0.1) is 5.82 Å². The van der Waals surface area contributed by atoms with Crippen LogP contribution in [0.15, 0.2) is 36.4 Å². The molecule has 0 amide bonds. The predicted octanol–water partition coefficient (Wildman–Crippen LogP) is 5.18. The van der Waals surface area contributed by atoms with Crippen molar-refractivity contribution in [2.75, 3.05) is 14.2 Å². The smallest absolute Gasteiger partial charge is 0.145 e. The SMILES string of the molecule is COc1ccc(C(Br)Cc2cccc(F)c2)c(OC)c1Cl. The molecule has 0 bridgehead atoms. The fraction of sp³-hybridized carbons (Fsp3) is 0.250. The van der Waals surface area contributed by atoms with E-state index in [1.165, 1.54) is 12.1 Å². The number of halogens is 3. The third kappa shape index (κ3) is 3.69. The molecular formula is C16H15BrClFO2. The molecule has 21 heavy (non-hydrogen) atoms. The van der Waals surface area contributed by atoms with Gasteiger partial charge in [-0.3, -0.25) is 0 Å². The Morgan fingerprint density at radius 2 is 1.95 bits per heavy atom. The minimum absolute atomic E-state index is 0.0438. The van der Waals surface area contributed by atoms with Gasteiger partial charge < -0.3 is 9.47 Å². The lowest BCUT2D eigenvalue weighted by molar-refractivity contribution is 0.391. The highest BCUT2D eigenvalue weighted by Crippen LogP contribution is 2.42. The summed E-state index contributed by atoms with van der Waals surface area (Å²) in [5, 5.41) is 0.432. The van der Waals surface area contributed by atoms with Gasteiger partial charge in [0.2, 0.25) is 0 Å². The largest absolute Gasteiger partial charge is 0.495 e. The Morgan fingerprint density at radius 1 is 1.19 bits per heavy atom. The average Bonchev–Trinajstić information content (AvgIpc) is 2.46. The molecule has 0 saturated carbocycles. The first-order valence-corrected chi connectivity index (χ1v) is 7.65. The lowest BCUT2D eigenvalue weighted by Crippen LogP contribution is -2.01. The molecule has 2 rings (SSSR count). The number of benzene rings is 2. The lowest BCUT2D eigenvalue weighted by Gasteiger charge is -2.17. The maximum atomic E-state index is 13.3. The summed E-state index contributed by atoms with van der Waals surface area (Å²) in [5.41, 5.74) is 1.79. The fourth-order valence-electron chi connectivity index (χ4n) is 2.15. The van der Waals surface area contributed by atoms with Crippen LogP contribution < -0.4 is 9.47 Å². The molecule has 5 heteroatoms. The van der Waals surface area contributed by atoms with Crippen molar-refractivity contribution in [3.05, 3.63) is 58.4 Å². The first kappa shape index (κ1) is 16.1. The fourth-order valence-corrected chi connectivity index (χ4v) is 3.21. The number of hydrogen-bond donors (Lipinski definition) is 0. The summed E-state index contributed by atoms with van der Waals surface area (Å²) in [6, 6.07) is 10.2. The summed E-state index contributed by atoms with van der Waals surface area (Å²) in [4.78, 5) is -0.0438. The molecule has 0 radical (unpaired) electrons. The predicted molar refractivity (Wildman–Crippen MR) is 86.3 cm³/mol. The van der Waals surface area contributed by atoms with Crippen LogP contribution in [0.25, 0.3) is 0 Å². The van der Waals surface area contributed by atoms with Crippen LogP contribution in [0.2, 0.25) is 5.02 Å². The van der Waals surface area contributed by atoms with E-state index in [1.807, 2.05) is 12.1 Å². The van der Waals surface area contributed by atoms with Crippen molar-refractivity contribution in [3.63, 3.8) is 0 Å². The minimum atomic E-state index is -0.244. The molecule has 0 N–H and O–H groups in total. The molecule has 1 unspecified atom stereocenters. The molecule has 2 aromatic carbocycles. The molecule has 0 fully saturated rings. The number of methoxy groups -OCH3 is 2. The van der Waals surface area contributed by atoms with Crippen LogP contribution in [0.3, 0.4) is 0 Å². The molecule has 0 saturated heterocycles. The van der Waals surface area contributed by atoms with Crippen LogP contribution in [0.5, 0.6) is 11.5 Å². The van der Waals surface area contributed by atoms with Crippen molar-refractivity contribution < 1.29 is 13.9 Å². The van der Waals surface area contributed by atoms with Crippen molar-refractivity contribution in [3.8, 4) is 11.5 Å². The molecule has 0 spiro atoms. The third-order valence-corrected chi connectivity index (χ3v) is 4.33. The Morgan fingerprint density at radius 3 is 2.57 bits per heavy atom. The van der Waals surface area contributed by atoms with Gasteiger partial charge in [0.25, 0.3) is 0 Å². The van der Waals surface area contributed by atoms with Gasteiger partial charge in [0.1, 0.15) is 22.3 Å². The van der Waals surface area contributed by atoms with E-state index in [2.05, 4.69) is 15.9 Å². The minimum Gasteiger partial charge on any atom is -0.495 e. The van der Waals surface area contributed by atoms with Gasteiger partial charge in [0, 0.05) is 10.4 Å². The second-order valence-corrected chi connectivity index (χ2v) is 5.99. The van der Waals surface area contributed by atoms with E-state index in [-0.39, 0.29) is 10.6 Å². The van der Waals surface area contributed by atoms with Gasteiger partial charge in [-0.2, -0.15) is 0 Å². The van der Waals surface area contributed by atoms with Gasteiger partial charge in [-0.05, 0) is 30.2 Å². The zero-order chi connectivity index (χ0) is 15.4. The summed E-state index contributed by atoms with van der Waals surface area (Å²) < 4.78 is 23.8. The summed E-state index contributed by atoms with van der Waals surface area (Å²) in [5.74, 6) is 0.879. The maximum absolute atomic E-state index is 13.3. The Hall–Kier alpha value is -1.26. The van der Waals surface area contributed by atoms with Gasteiger partial charge in [-0.25, -0.2) is 4.39 Å². The zero-order valence-corrected chi connectivity index (χ0v) is 14.0. The highest BCUT2D eigenvalue weighted by Gasteiger charge is 2.19. The third-order valence-electron chi connectivity index (χ3n) is 3.16. The molecule has 0 aliphatic heterocycles. The van der Waals surface area contributed by atoms with Crippen LogP contribution in [0.1, 0.15) is 16.0 Å². The van der Waals surface area contributed by atoms with E-state index < -0.39 is 0 Å². The van der Waals surface area contributed by atoms with Crippen molar-refractivity contribution in [1.29, 1.82) is 0 Å². The molecule has 0 aromatic heterocycles. The zero-order valence-electron chi connectivity index (χ0n) is 11.7. The Labute approximate surface area is 137 Å². The van der Waals surface area contributed by atoms with Gasteiger partial charge in [-0.1, -0.05) is 45.7 Å². The first-order valence-electron chi connectivity index (χ1n) is 6.35. The van der Waals surface area contributed by atoms with Gasteiger partial charge in [0.15, 0.2) is 0 Å². The van der Waals surface area contributed by atoms with Crippen molar-refractivity contribution in [1.82, 2.24) is 0 Å². The molecule has 2 aromatic rings. The van der Waals surface area contributed by atoms with Crippen LogP contribution >= 0.6 is 27.5 Å². The summed E-state index contributed by atoms with van der Waals surface area (Å²) in [6.45, 7) is 0. The lowest BCUT2D eigenvalue weighted by atomic mass is 10.0. The second-order valence-electron chi connectivity index (χ2n) is 4.51. The van der Waals surface area contributed by atoms with Crippen molar-refractivity contribution >= 4 is 27.5 Å². The van der Waals surface area contributed by atoms with Crippen LogP contribution in [-0.2, 0) is 6.42 Å². The Balaban J connectivity index is 2.30. The van der Waals surface area contributed by atoms with Crippen molar-refractivity contribution in [2.24, 2.45) is 0 Å². The topological polar surface area (TPSA) is 18.5 Å². The first-order chi connectivity index (χ1) is 10.1. The number of alkyl halides is 1. The normalized spacial score (nSPS) is 12.0. The average molecular weight is 374 g/mol. The van der Waals surface area contributed by atoms with E-state index >= 15 is 0 Å². The Kier molecular flexibility index (Phi) is 5.48. The summed E-state index contributed by atoms with van der Waals surface area (Å²) in [7, 11) is 3.12. The standard InChI is InChI=1S/C16H15BrClFO2/c1-20-14-7-6-12(16(21-2)15(14)18)13(17)9-10-4-3-5-11(19)8-10/h3-8,13H,9H2,1-2H3. The number of rotatable bonds is 5. The van der Waals surface area contributed by atoms with E-state index in [0.29, 0.717) is 22.9 Å². The maximum Gasteiger partial charge on any atom is 0.145 e. The second kappa shape index (κ2) is 7.14. The van der Waals surface area contributed by atoms with E-state index in [1.54, 1.807) is 26.4 Å². The highest BCUT2D eigenvalue weighted by atomic mass is 79.9. The quantitative estimate of drug-likeness (QED) is 0.673. The molecule has 0 aliphatic carbocycles. The van der Waals surface area contributed by atoms with Gasteiger partial charge in [0.05, 0.1) is 14.2 Å². The molecule has 2 nitrogen and oxygen atoms in total. The van der Waals surface area contributed by atoms with E-state index in [9.17, 15) is 4.39 Å².